The number of Topliss-reactive ketones (excluding diaryl/α,β-unsaturated/α-hetero) is 1. The van der Waals surface area contributed by atoms with Crippen molar-refractivity contribution in [2.45, 2.75) is 25.7 Å². The van der Waals surface area contributed by atoms with Gasteiger partial charge in [-0.05, 0) is 54.3 Å². The Labute approximate surface area is 206 Å². The average molecular weight is 491 g/mol. The van der Waals surface area contributed by atoms with E-state index in [2.05, 4.69) is 10.3 Å². The molecule has 0 saturated heterocycles. The van der Waals surface area contributed by atoms with Crippen LogP contribution in [0.4, 0.5) is 10.8 Å². The van der Waals surface area contributed by atoms with Gasteiger partial charge < -0.3 is 10.4 Å². The van der Waals surface area contributed by atoms with Gasteiger partial charge in [0, 0.05) is 22.2 Å². The maximum absolute atomic E-state index is 13.0. The maximum atomic E-state index is 13.0. The number of hydrogen-bond acceptors (Lipinski definition) is 5. The standard InChI is InChI=1S/C27H23ClN2O3S/c28-19-11-14-23-24(15-19)34-27(30-23)29-20-12-9-17(10-13-20)16-5-7-18(8-6-16)25(31)21-3-1-2-4-22(21)26(32)33/h5-15,21-22H,1-4H2,(H,29,30)(H,32,33)/t21-,22-/m0/s1. The van der Waals surface area contributed by atoms with E-state index in [1.54, 1.807) is 11.3 Å². The second-order valence-corrected chi connectivity index (χ2v) is 10.1. The fourth-order valence-electron chi connectivity index (χ4n) is 4.60. The van der Waals surface area contributed by atoms with Crippen molar-refractivity contribution in [1.82, 2.24) is 4.98 Å². The van der Waals surface area contributed by atoms with Crippen LogP contribution in [0, 0.1) is 11.8 Å². The molecule has 0 aliphatic heterocycles. The SMILES string of the molecule is O=C(O)[C@H]1CCCC[C@@H]1C(=O)c1ccc(-c2ccc(Nc3nc4ccc(Cl)cc4s3)cc2)cc1. The summed E-state index contributed by atoms with van der Waals surface area (Å²) in [5, 5.41) is 14.3. The first-order valence-electron chi connectivity index (χ1n) is 11.3. The molecule has 1 aliphatic rings. The van der Waals surface area contributed by atoms with E-state index >= 15 is 0 Å². The Kier molecular flexibility index (Phi) is 6.35. The first-order valence-corrected chi connectivity index (χ1v) is 12.5. The van der Waals surface area contributed by atoms with Crippen molar-refractivity contribution in [1.29, 1.82) is 0 Å². The van der Waals surface area contributed by atoms with Crippen LogP contribution in [0.2, 0.25) is 5.02 Å². The largest absolute Gasteiger partial charge is 0.481 e. The van der Waals surface area contributed by atoms with E-state index in [-0.39, 0.29) is 5.78 Å². The number of carboxylic acid groups (broad SMARTS) is 1. The monoisotopic (exact) mass is 490 g/mol. The summed E-state index contributed by atoms with van der Waals surface area (Å²) in [7, 11) is 0. The number of fused-ring (bicyclic) bond motifs is 1. The van der Waals surface area contributed by atoms with Crippen molar-refractivity contribution in [3.8, 4) is 11.1 Å². The minimum Gasteiger partial charge on any atom is -0.481 e. The molecular weight excluding hydrogens is 468 g/mol. The Morgan fingerprint density at radius 2 is 1.56 bits per heavy atom. The van der Waals surface area contributed by atoms with Gasteiger partial charge >= 0.3 is 5.97 Å². The maximum Gasteiger partial charge on any atom is 0.307 e. The summed E-state index contributed by atoms with van der Waals surface area (Å²) in [6, 6.07) is 21.1. The van der Waals surface area contributed by atoms with Crippen LogP contribution in [0.5, 0.6) is 0 Å². The lowest BCUT2D eigenvalue weighted by atomic mass is 9.75. The van der Waals surface area contributed by atoms with Crippen molar-refractivity contribution in [3.05, 3.63) is 77.3 Å². The molecule has 1 aliphatic carbocycles. The predicted molar refractivity (Wildman–Crippen MR) is 137 cm³/mol. The third kappa shape index (κ3) is 4.69. The van der Waals surface area contributed by atoms with E-state index in [0.717, 1.165) is 45.0 Å². The highest BCUT2D eigenvalue weighted by molar-refractivity contribution is 7.22. The molecule has 1 fully saturated rings. The Hall–Kier alpha value is -3.22. The van der Waals surface area contributed by atoms with Gasteiger partial charge in [-0.25, -0.2) is 4.98 Å². The van der Waals surface area contributed by atoms with Gasteiger partial charge in [-0.1, -0.05) is 72.2 Å². The van der Waals surface area contributed by atoms with Crippen LogP contribution in [0.3, 0.4) is 0 Å². The number of anilines is 2. The summed E-state index contributed by atoms with van der Waals surface area (Å²) in [5.41, 5.74) is 4.44. The van der Waals surface area contributed by atoms with Crippen LogP contribution in [-0.4, -0.2) is 21.8 Å². The molecule has 0 bridgehead atoms. The van der Waals surface area contributed by atoms with E-state index in [1.807, 2.05) is 66.7 Å². The van der Waals surface area contributed by atoms with Crippen LogP contribution < -0.4 is 5.32 Å². The second-order valence-electron chi connectivity index (χ2n) is 8.61. The molecule has 0 unspecified atom stereocenters. The van der Waals surface area contributed by atoms with Crippen LogP contribution in [0.1, 0.15) is 36.0 Å². The molecule has 2 atom stereocenters. The summed E-state index contributed by atoms with van der Waals surface area (Å²) in [6.07, 6.45) is 3.00. The smallest absolute Gasteiger partial charge is 0.307 e. The van der Waals surface area contributed by atoms with Gasteiger partial charge in [-0.2, -0.15) is 0 Å². The fraction of sp³-hybridized carbons (Fsp3) is 0.222. The van der Waals surface area contributed by atoms with E-state index in [0.29, 0.717) is 23.4 Å². The van der Waals surface area contributed by atoms with Crippen molar-refractivity contribution in [2.24, 2.45) is 11.8 Å². The molecule has 3 aromatic carbocycles. The number of nitrogens with one attached hydrogen (secondary N) is 1. The van der Waals surface area contributed by atoms with E-state index in [9.17, 15) is 14.7 Å². The van der Waals surface area contributed by atoms with Crippen molar-refractivity contribution >= 4 is 55.7 Å². The zero-order chi connectivity index (χ0) is 23.7. The number of ketones is 1. The molecule has 4 aromatic rings. The van der Waals surface area contributed by atoms with E-state index in [4.69, 9.17) is 11.6 Å². The number of carbonyl (C=O) groups excluding carboxylic acids is 1. The van der Waals surface area contributed by atoms with Crippen LogP contribution in [0.15, 0.2) is 66.7 Å². The van der Waals surface area contributed by atoms with Crippen molar-refractivity contribution in [3.63, 3.8) is 0 Å². The molecular formula is C27H23ClN2O3S. The summed E-state index contributed by atoms with van der Waals surface area (Å²) < 4.78 is 1.03. The minimum absolute atomic E-state index is 0.0599. The molecule has 1 saturated carbocycles. The van der Waals surface area contributed by atoms with Crippen LogP contribution in [0.25, 0.3) is 21.3 Å². The molecule has 1 aromatic heterocycles. The molecule has 0 radical (unpaired) electrons. The normalized spacial score (nSPS) is 18.0. The number of halogens is 1. The number of aromatic nitrogens is 1. The lowest BCUT2D eigenvalue weighted by Crippen LogP contribution is -2.32. The lowest BCUT2D eigenvalue weighted by Gasteiger charge is -2.27. The first kappa shape index (κ1) is 22.6. The molecule has 5 rings (SSSR count). The molecule has 2 N–H and O–H groups in total. The van der Waals surface area contributed by atoms with E-state index < -0.39 is 17.8 Å². The molecule has 0 spiro atoms. The Morgan fingerprint density at radius 1 is 0.912 bits per heavy atom. The number of hydrogen-bond donors (Lipinski definition) is 2. The van der Waals surface area contributed by atoms with Gasteiger partial charge in [0.25, 0.3) is 0 Å². The number of carboxylic acids is 1. The van der Waals surface area contributed by atoms with Gasteiger partial charge in [0.1, 0.15) is 0 Å². The Morgan fingerprint density at radius 3 is 2.24 bits per heavy atom. The van der Waals surface area contributed by atoms with Crippen LogP contribution in [-0.2, 0) is 4.79 Å². The van der Waals surface area contributed by atoms with Gasteiger partial charge in [0.15, 0.2) is 10.9 Å². The summed E-state index contributed by atoms with van der Waals surface area (Å²) in [5.74, 6) is -1.93. The number of benzene rings is 3. The lowest BCUT2D eigenvalue weighted by molar-refractivity contribution is -0.144. The zero-order valence-electron chi connectivity index (χ0n) is 18.3. The molecule has 172 valence electrons. The molecule has 5 nitrogen and oxygen atoms in total. The van der Waals surface area contributed by atoms with Crippen molar-refractivity contribution < 1.29 is 14.7 Å². The Balaban J connectivity index is 1.28. The third-order valence-electron chi connectivity index (χ3n) is 6.41. The number of aliphatic carboxylic acids is 1. The average Bonchev–Trinajstić information content (AvgIpc) is 3.25. The van der Waals surface area contributed by atoms with Gasteiger partial charge in [0.05, 0.1) is 16.1 Å². The molecule has 0 amide bonds. The molecule has 7 heteroatoms. The molecule has 34 heavy (non-hydrogen) atoms. The van der Waals surface area contributed by atoms with Gasteiger partial charge in [0.2, 0.25) is 0 Å². The summed E-state index contributed by atoms with van der Waals surface area (Å²) in [6.45, 7) is 0. The van der Waals surface area contributed by atoms with E-state index in [1.165, 1.54) is 0 Å². The highest BCUT2D eigenvalue weighted by Gasteiger charge is 2.35. The number of rotatable bonds is 6. The number of nitrogens with zero attached hydrogens (tertiary/aromatic N) is 1. The third-order valence-corrected chi connectivity index (χ3v) is 7.58. The highest BCUT2D eigenvalue weighted by Crippen LogP contribution is 2.34. The summed E-state index contributed by atoms with van der Waals surface area (Å²) in [4.78, 5) is 29.1. The van der Waals surface area contributed by atoms with Crippen molar-refractivity contribution in [2.75, 3.05) is 5.32 Å². The zero-order valence-corrected chi connectivity index (χ0v) is 19.9. The number of carbonyl (C=O) groups is 2. The summed E-state index contributed by atoms with van der Waals surface area (Å²) >= 11 is 7.61. The second kappa shape index (κ2) is 9.57. The first-order chi connectivity index (χ1) is 16.5. The van der Waals surface area contributed by atoms with Crippen LogP contribution >= 0.6 is 22.9 Å². The predicted octanol–water partition coefficient (Wildman–Crippen LogP) is 7.43. The van der Waals surface area contributed by atoms with Gasteiger partial charge in [-0.3, -0.25) is 9.59 Å². The fourth-order valence-corrected chi connectivity index (χ4v) is 5.76. The highest BCUT2D eigenvalue weighted by atomic mass is 35.5. The topological polar surface area (TPSA) is 79.3 Å². The minimum atomic E-state index is -0.863. The number of thiazole rings is 1. The van der Waals surface area contributed by atoms with Gasteiger partial charge in [-0.15, -0.1) is 0 Å². The quantitative estimate of drug-likeness (QED) is 0.274. The molecule has 1 heterocycles. The Bertz CT molecular complexity index is 1350.